The van der Waals surface area contributed by atoms with E-state index in [4.69, 9.17) is 16.4 Å². The summed E-state index contributed by atoms with van der Waals surface area (Å²) in [4.78, 5) is 34.9. The summed E-state index contributed by atoms with van der Waals surface area (Å²) < 4.78 is 4.54. The lowest BCUT2D eigenvalue weighted by molar-refractivity contribution is -0.138. The smallest absolute Gasteiger partial charge is 0.407 e. The van der Waals surface area contributed by atoms with Crippen molar-refractivity contribution < 1.29 is 24.2 Å². The average Bonchev–Trinajstić information content (AvgIpc) is 2.38. The van der Waals surface area contributed by atoms with Crippen molar-refractivity contribution in [1.29, 1.82) is 0 Å². The van der Waals surface area contributed by atoms with E-state index in [0.717, 1.165) is 0 Å². The molecule has 0 saturated heterocycles. The molecule has 1 unspecified atom stereocenters. The largest absolute Gasteiger partial charge is 0.480 e. The van der Waals surface area contributed by atoms with Crippen LogP contribution in [0.15, 0.2) is 5.11 Å². The molecule has 0 spiro atoms. The van der Waals surface area contributed by atoms with Gasteiger partial charge in [0.15, 0.2) is 0 Å². The van der Waals surface area contributed by atoms with Crippen molar-refractivity contribution in [3.63, 3.8) is 0 Å². The number of carboxylic acids is 1. The van der Waals surface area contributed by atoms with E-state index in [-0.39, 0.29) is 26.2 Å². The quantitative estimate of drug-likeness (QED) is 0.182. The molecular formula is C8H14N6O5. The monoisotopic (exact) mass is 274 g/mol. The fourth-order valence-corrected chi connectivity index (χ4v) is 0.801. The average molecular weight is 274 g/mol. The van der Waals surface area contributed by atoms with E-state index in [0.29, 0.717) is 0 Å². The second kappa shape index (κ2) is 9.50. The second-order valence-corrected chi connectivity index (χ2v) is 3.19. The number of nitrogens with one attached hydrogen (secondary N) is 2. The van der Waals surface area contributed by atoms with Gasteiger partial charge in [-0.1, -0.05) is 5.11 Å². The van der Waals surface area contributed by atoms with Crippen LogP contribution < -0.4 is 16.4 Å². The summed E-state index contributed by atoms with van der Waals surface area (Å²) >= 11 is 0. The number of ether oxygens (including phenoxy) is 1. The number of hydrogen-bond acceptors (Lipinski definition) is 6. The Kier molecular flexibility index (Phi) is 8.24. The lowest BCUT2D eigenvalue weighted by Gasteiger charge is -2.09. The van der Waals surface area contributed by atoms with E-state index in [1.807, 2.05) is 0 Å². The van der Waals surface area contributed by atoms with Gasteiger partial charge in [-0.3, -0.25) is 9.59 Å². The fraction of sp³-hybridized carbons (Fsp3) is 0.625. The van der Waals surface area contributed by atoms with Crippen LogP contribution >= 0.6 is 0 Å². The number of alkyl carbamates (subject to hydrolysis) is 1. The van der Waals surface area contributed by atoms with Gasteiger partial charge >= 0.3 is 12.1 Å². The van der Waals surface area contributed by atoms with Gasteiger partial charge in [0.1, 0.15) is 6.04 Å². The van der Waals surface area contributed by atoms with Gasteiger partial charge < -0.3 is 26.2 Å². The van der Waals surface area contributed by atoms with E-state index in [1.165, 1.54) is 0 Å². The Morgan fingerprint density at radius 1 is 1.42 bits per heavy atom. The molecule has 11 heteroatoms. The number of nitrogens with two attached hydrogens (primary N) is 1. The predicted octanol–water partition coefficient (Wildman–Crippen LogP) is -1.45. The number of rotatable bonds is 8. The molecule has 0 heterocycles. The molecule has 0 aromatic rings. The Hall–Kier alpha value is -2.52. The van der Waals surface area contributed by atoms with Crippen LogP contribution in [0.5, 0.6) is 0 Å². The van der Waals surface area contributed by atoms with Crippen LogP contribution in [0.2, 0.25) is 0 Å². The molecule has 0 fully saturated rings. The maximum atomic E-state index is 11.2. The molecule has 5 N–H and O–H groups in total. The van der Waals surface area contributed by atoms with Crippen molar-refractivity contribution in [3.8, 4) is 0 Å². The first-order valence-electron chi connectivity index (χ1n) is 5.14. The van der Waals surface area contributed by atoms with Crippen molar-refractivity contribution >= 4 is 18.0 Å². The number of carbonyl (C=O) groups excluding carboxylic acids is 2. The predicted molar refractivity (Wildman–Crippen MR) is 62.0 cm³/mol. The number of carbonyl (C=O) groups is 3. The van der Waals surface area contributed by atoms with Gasteiger partial charge in [0.25, 0.3) is 0 Å². The molecule has 0 aliphatic rings. The highest BCUT2D eigenvalue weighted by molar-refractivity contribution is 5.83. The minimum atomic E-state index is -1.24. The molecule has 11 nitrogen and oxygen atoms in total. The molecule has 0 bridgehead atoms. The summed E-state index contributed by atoms with van der Waals surface area (Å²) in [6.45, 7) is -0.751. The SMILES string of the molecule is [N-]=[N+]=NCCOC(=O)NCC(=O)NCC(N)C(=O)O. The first kappa shape index (κ1) is 16.5. The van der Waals surface area contributed by atoms with Gasteiger partial charge in [0.2, 0.25) is 5.91 Å². The number of azide groups is 1. The molecular weight excluding hydrogens is 260 g/mol. The van der Waals surface area contributed by atoms with Crippen LogP contribution in [-0.4, -0.2) is 55.4 Å². The van der Waals surface area contributed by atoms with Crippen LogP contribution in [0.3, 0.4) is 0 Å². The molecule has 19 heavy (non-hydrogen) atoms. The standard InChI is InChI=1S/C8H14N6O5/c9-5(7(16)17)3-11-6(15)4-12-8(18)19-2-1-13-14-10/h5H,1-4,9H2,(H,11,15)(H,12,18)(H,16,17). The van der Waals surface area contributed by atoms with Crippen LogP contribution in [0.4, 0.5) is 4.79 Å². The summed E-state index contributed by atoms with van der Waals surface area (Å²) in [6, 6.07) is -1.21. The molecule has 0 aromatic carbocycles. The second-order valence-electron chi connectivity index (χ2n) is 3.19. The summed E-state index contributed by atoms with van der Waals surface area (Å²) in [5.74, 6) is -1.85. The third-order valence-corrected chi connectivity index (χ3v) is 1.72. The first-order valence-corrected chi connectivity index (χ1v) is 5.14. The van der Waals surface area contributed by atoms with Gasteiger partial charge in [-0.25, -0.2) is 4.79 Å². The summed E-state index contributed by atoms with van der Waals surface area (Å²) in [7, 11) is 0. The maximum Gasteiger partial charge on any atom is 0.407 e. The van der Waals surface area contributed by atoms with Crippen LogP contribution in [0.25, 0.3) is 10.4 Å². The van der Waals surface area contributed by atoms with Crippen molar-refractivity contribution in [1.82, 2.24) is 10.6 Å². The molecule has 0 aliphatic carbocycles. The minimum Gasteiger partial charge on any atom is -0.480 e. The molecule has 106 valence electrons. The zero-order valence-corrected chi connectivity index (χ0v) is 9.90. The van der Waals surface area contributed by atoms with E-state index < -0.39 is 24.0 Å². The summed E-state index contributed by atoms with van der Waals surface area (Å²) in [5.41, 5.74) is 13.1. The first-order chi connectivity index (χ1) is 8.97. The molecule has 0 radical (unpaired) electrons. The van der Waals surface area contributed by atoms with Crippen molar-refractivity contribution in [2.24, 2.45) is 10.8 Å². The molecule has 0 aliphatic heterocycles. The zero-order chi connectivity index (χ0) is 14.7. The van der Waals surface area contributed by atoms with Crippen molar-refractivity contribution in [3.05, 3.63) is 10.4 Å². The number of aliphatic carboxylic acids is 1. The van der Waals surface area contributed by atoms with Gasteiger partial charge in [-0.2, -0.15) is 0 Å². The number of carboxylic acid groups (broad SMARTS) is 1. The highest BCUT2D eigenvalue weighted by Crippen LogP contribution is 1.80. The normalized spacial score (nSPS) is 10.8. The van der Waals surface area contributed by atoms with E-state index in [2.05, 4.69) is 25.4 Å². The lowest BCUT2D eigenvalue weighted by atomic mass is 10.3. The minimum absolute atomic E-state index is 0.0103. The lowest BCUT2D eigenvalue weighted by Crippen LogP contribution is -2.45. The van der Waals surface area contributed by atoms with Crippen LogP contribution in [0, 0.1) is 0 Å². The van der Waals surface area contributed by atoms with Gasteiger partial charge in [-0.15, -0.1) is 0 Å². The highest BCUT2D eigenvalue weighted by Gasteiger charge is 2.13. The third-order valence-electron chi connectivity index (χ3n) is 1.72. The molecule has 1 atom stereocenters. The van der Waals surface area contributed by atoms with E-state index in [1.54, 1.807) is 0 Å². The van der Waals surface area contributed by atoms with Crippen molar-refractivity contribution in [2.45, 2.75) is 6.04 Å². The number of nitrogens with zero attached hydrogens (tertiary/aromatic N) is 3. The highest BCUT2D eigenvalue weighted by atomic mass is 16.5. The van der Waals surface area contributed by atoms with E-state index in [9.17, 15) is 14.4 Å². The van der Waals surface area contributed by atoms with E-state index >= 15 is 0 Å². The fourth-order valence-electron chi connectivity index (χ4n) is 0.801. The number of amides is 2. The topological polar surface area (TPSA) is 180 Å². The van der Waals surface area contributed by atoms with Gasteiger partial charge in [0, 0.05) is 11.5 Å². The third kappa shape index (κ3) is 9.21. The number of hydrogen-bond donors (Lipinski definition) is 4. The van der Waals surface area contributed by atoms with Crippen LogP contribution in [-0.2, 0) is 14.3 Å². The molecule has 0 saturated carbocycles. The maximum absolute atomic E-state index is 11.2. The Morgan fingerprint density at radius 3 is 2.68 bits per heavy atom. The Balaban J connectivity index is 3.69. The summed E-state index contributed by atoms with van der Waals surface area (Å²) in [5, 5.41) is 15.9. The van der Waals surface area contributed by atoms with Gasteiger partial charge in [0.05, 0.1) is 19.7 Å². The molecule has 0 aromatic heterocycles. The van der Waals surface area contributed by atoms with Crippen molar-refractivity contribution in [2.75, 3.05) is 26.2 Å². The Bertz CT molecular complexity index is 380. The zero-order valence-electron chi connectivity index (χ0n) is 9.90. The van der Waals surface area contributed by atoms with Crippen LogP contribution in [0.1, 0.15) is 0 Å². The van der Waals surface area contributed by atoms with Gasteiger partial charge in [-0.05, 0) is 5.53 Å². The Labute approximate surface area is 107 Å². The molecule has 0 rings (SSSR count). The summed E-state index contributed by atoms with van der Waals surface area (Å²) in [6.07, 6.45) is -0.856. The molecule has 2 amide bonds. The Morgan fingerprint density at radius 2 is 2.11 bits per heavy atom.